The maximum Gasteiger partial charge on any atom is 0.163 e. The van der Waals surface area contributed by atoms with Crippen LogP contribution >= 0.6 is 22.9 Å². The predicted octanol–water partition coefficient (Wildman–Crippen LogP) is 5.06. The third-order valence-electron chi connectivity index (χ3n) is 4.77. The summed E-state index contributed by atoms with van der Waals surface area (Å²) in [4.78, 5) is 18.7. The Balaban J connectivity index is 1.87. The van der Waals surface area contributed by atoms with Gasteiger partial charge in [0.15, 0.2) is 5.78 Å². The first kappa shape index (κ1) is 17.4. The van der Waals surface area contributed by atoms with Gasteiger partial charge in [0.05, 0.1) is 21.6 Å². The fraction of sp³-hybridized carbons (Fsp3) is 0.300. The lowest BCUT2D eigenvalue weighted by atomic mass is 9.71. The van der Waals surface area contributed by atoms with Crippen molar-refractivity contribution in [2.75, 3.05) is 0 Å². The van der Waals surface area contributed by atoms with Gasteiger partial charge in [0.2, 0.25) is 0 Å². The Bertz CT molecular complexity index is 947. The van der Waals surface area contributed by atoms with E-state index < -0.39 is 5.82 Å². The van der Waals surface area contributed by atoms with Crippen LogP contribution in [0.1, 0.15) is 37.1 Å². The maximum atomic E-state index is 13.5. The number of ketones is 1. The van der Waals surface area contributed by atoms with Crippen molar-refractivity contribution in [3.8, 4) is 0 Å². The molecule has 1 atom stereocenters. The Morgan fingerprint density at radius 3 is 2.85 bits per heavy atom. The lowest BCUT2D eigenvalue weighted by Gasteiger charge is -2.38. The number of nitrogens with zero attached hydrogens (tertiary/aromatic N) is 1. The third-order valence-corrected chi connectivity index (χ3v) is 5.96. The summed E-state index contributed by atoms with van der Waals surface area (Å²) in [5, 5.41) is 5.57. The van der Waals surface area contributed by atoms with E-state index in [1.807, 2.05) is 17.5 Å². The van der Waals surface area contributed by atoms with Gasteiger partial charge in [-0.2, -0.15) is 0 Å². The van der Waals surface area contributed by atoms with E-state index in [9.17, 15) is 9.18 Å². The van der Waals surface area contributed by atoms with E-state index in [1.54, 1.807) is 17.4 Å². The summed E-state index contributed by atoms with van der Waals surface area (Å²) in [6, 6.07) is 7.98. The first-order chi connectivity index (χ1) is 12.3. The quantitative estimate of drug-likeness (QED) is 0.781. The van der Waals surface area contributed by atoms with E-state index in [1.165, 1.54) is 12.1 Å². The van der Waals surface area contributed by atoms with Crippen LogP contribution in [0.3, 0.4) is 0 Å². The smallest absolute Gasteiger partial charge is 0.163 e. The number of Topliss-reactive ketones (excluding diaryl/α,β-unsaturated/α-hetero) is 1. The largest absolute Gasteiger partial charge is 0.338 e. The molecule has 26 heavy (non-hydrogen) atoms. The van der Waals surface area contributed by atoms with Crippen molar-refractivity contribution in [3.63, 3.8) is 0 Å². The summed E-state index contributed by atoms with van der Waals surface area (Å²) in [5.74, 6) is 0.401. The highest BCUT2D eigenvalue weighted by atomic mass is 35.5. The summed E-state index contributed by atoms with van der Waals surface area (Å²) < 4.78 is 13.5. The number of carbonyl (C=O) groups is 1. The van der Waals surface area contributed by atoms with Crippen molar-refractivity contribution in [1.29, 1.82) is 0 Å². The van der Waals surface area contributed by atoms with Crippen LogP contribution in [0.15, 0.2) is 46.3 Å². The number of halogens is 2. The summed E-state index contributed by atoms with van der Waals surface area (Å²) in [5.41, 5.74) is 1.83. The molecule has 0 saturated heterocycles. The summed E-state index contributed by atoms with van der Waals surface area (Å²) in [7, 11) is 0. The molecule has 2 heterocycles. The van der Waals surface area contributed by atoms with E-state index in [0.717, 1.165) is 17.1 Å². The second kappa shape index (κ2) is 6.32. The number of amidine groups is 1. The van der Waals surface area contributed by atoms with Crippen LogP contribution in [-0.2, 0) is 4.79 Å². The number of thiophene rings is 1. The molecule has 3 nitrogen and oxygen atoms in total. The molecular formula is C20H18ClFN2OS. The Morgan fingerprint density at radius 2 is 2.15 bits per heavy atom. The highest BCUT2D eigenvalue weighted by Gasteiger charge is 2.41. The van der Waals surface area contributed by atoms with Crippen LogP contribution in [0.4, 0.5) is 4.39 Å². The SMILES string of the molecule is CC1(C)CC(=O)C2=C(c3ccc(F)cc3Cl)NC(c3cccs3)=NC2C1. The van der Waals surface area contributed by atoms with Gasteiger partial charge in [0, 0.05) is 17.6 Å². The number of aliphatic imine (C=N–C) groups is 1. The zero-order chi connectivity index (χ0) is 18.5. The van der Waals surface area contributed by atoms with Crippen molar-refractivity contribution in [2.24, 2.45) is 10.4 Å². The predicted molar refractivity (Wildman–Crippen MR) is 104 cm³/mol. The molecule has 1 fully saturated rings. The van der Waals surface area contributed by atoms with Gasteiger partial charge < -0.3 is 5.32 Å². The van der Waals surface area contributed by atoms with E-state index in [0.29, 0.717) is 23.3 Å². The summed E-state index contributed by atoms with van der Waals surface area (Å²) in [6.07, 6.45) is 1.25. The third kappa shape index (κ3) is 3.10. The molecule has 1 saturated carbocycles. The summed E-state index contributed by atoms with van der Waals surface area (Å²) >= 11 is 7.89. The molecule has 2 aromatic rings. The molecule has 1 aromatic carbocycles. The molecule has 1 N–H and O–H groups in total. The number of nitrogens with one attached hydrogen (secondary N) is 1. The van der Waals surface area contributed by atoms with E-state index in [2.05, 4.69) is 19.2 Å². The molecular weight excluding hydrogens is 371 g/mol. The average Bonchev–Trinajstić information content (AvgIpc) is 3.07. The number of carbonyl (C=O) groups excluding carboxylic acids is 1. The number of benzene rings is 1. The van der Waals surface area contributed by atoms with Gasteiger partial charge in [-0.3, -0.25) is 9.79 Å². The molecule has 2 aliphatic rings. The van der Waals surface area contributed by atoms with Crippen LogP contribution in [0.25, 0.3) is 5.70 Å². The topological polar surface area (TPSA) is 41.5 Å². The Labute approximate surface area is 160 Å². The van der Waals surface area contributed by atoms with Crippen molar-refractivity contribution in [3.05, 3.63) is 62.6 Å². The van der Waals surface area contributed by atoms with Gasteiger partial charge in [0.1, 0.15) is 11.7 Å². The summed E-state index contributed by atoms with van der Waals surface area (Å²) in [6.45, 7) is 4.18. The minimum absolute atomic E-state index is 0.0723. The molecule has 0 amide bonds. The zero-order valence-corrected chi connectivity index (χ0v) is 16.0. The second-order valence-corrected chi connectivity index (χ2v) is 8.83. The lowest BCUT2D eigenvalue weighted by Crippen LogP contribution is -2.41. The van der Waals surface area contributed by atoms with Crippen molar-refractivity contribution >= 4 is 40.3 Å². The van der Waals surface area contributed by atoms with Gasteiger partial charge >= 0.3 is 0 Å². The monoisotopic (exact) mass is 388 g/mol. The fourth-order valence-electron chi connectivity index (χ4n) is 3.65. The van der Waals surface area contributed by atoms with E-state index in [4.69, 9.17) is 16.6 Å². The number of hydrogen-bond acceptors (Lipinski definition) is 4. The minimum Gasteiger partial charge on any atom is -0.338 e. The van der Waals surface area contributed by atoms with Gasteiger partial charge in [-0.1, -0.05) is 31.5 Å². The normalized spacial score (nSPS) is 21.9. The van der Waals surface area contributed by atoms with Crippen molar-refractivity contribution in [2.45, 2.75) is 32.7 Å². The Morgan fingerprint density at radius 1 is 1.35 bits per heavy atom. The molecule has 1 aromatic heterocycles. The standard InChI is InChI=1S/C20H18ClFN2OS/c1-20(2)9-14-17(15(25)10-20)18(12-6-5-11(22)8-13(12)21)24-19(23-14)16-4-3-7-26-16/h3-8,14H,9-10H2,1-2H3,(H,23,24). The molecule has 0 bridgehead atoms. The first-order valence-corrected chi connectivity index (χ1v) is 9.71. The van der Waals surface area contributed by atoms with Crippen LogP contribution in [0.2, 0.25) is 5.02 Å². The van der Waals surface area contributed by atoms with Gasteiger partial charge in [-0.25, -0.2) is 4.39 Å². The minimum atomic E-state index is -0.403. The Kier molecular flexibility index (Phi) is 4.24. The highest BCUT2D eigenvalue weighted by Crippen LogP contribution is 2.42. The maximum absolute atomic E-state index is 13.5. The van der Waals surface area contributed by atoms with Crippen LogP contribution in [0, 0.1) is 11.2 Å². The van der Waals surface area contributed by atoms with Crippen LogP contribution in [-0.4, -0.2) is 17.7 Å². The molecule has 0 spiro atoms. The molecule has 6 heteroatoms. The number of fused-ring (bicyclic) bond motifs is 1. The second-order valence-electron chi connectivity index (χ2n) is 7.48. The van der Waals surface area contributed by atoms with E-state index in [-0.39, 0.29) is 22.3 Å². The highest BCUT2D eigenvalue weighted by molar-refractivity contribution is 7.12. The molecule has 1 aliphatic carbocycles. The molecule has 134 valence electrons. The lowest BCUT2D eigenvalue weighted by molar-refractivity contribution is -0.119. The molecule has 4 rings (SSSR count). The molecule has 1 unspecified atom stereocenters. The van der Waals surface area contributed by atoms with Gasteiger partial charge in [0.25, 0.3) is 0 Å². The molecule has 1 aliphatic heterocycles. The van der Waals surface area contributed by atoms with Crippen molar-refractivity contribution in [1.82, 2.24) is 5.32 Å². The number of hydrogen-bond donors (Lipinski definition) is 1. The van der Waals surface area contributed by atoms with Gasteiger partial charge in [-0.05, 0) is 41.5 Å². The average molecular weight is 389 g/mol. The van der Waals surface area contributed by atoms with Gasteiger partial charge in [-0.15, -0.1) is 11.3 Å². The zero-order valence-electron chi connectivity index (χ0n) is 14.5. The fourth-order valence-corrected chi connectivity index (χ4v) is 4.58. The molecule has 0 radical (unpaired) electrons. The van der Waals surface area contributed by atoms with E-state index >= 15 is 0 Å². The van der Waals surface area contributed by atoms with Crippen LogP contribution in [0.5, 0.6) is 0 Å². The first-order valence-electron chi connectivity index (χ1n) is 8.45. The van der Waals surface area contributed by atoms with Crippen LogP contribution < -0.4 is 5.32 Å². The number of rotatable bonds is 2. The Hall–Kier alpha value is -1.98. The van der Waals surface area contributed by atoms with Crippen molar-refractivity contribution < 1.29 is 9.18 Å².